The van der Waals surface area contributed by atoms with Gasteiger partial charge in [-0.15, -0.1) is 0 Å². The van der Waals surface area contributed by atoms with Gasteiger partial charge in [0.1, 0.15) is 0 Å². The Balaban J connectivity index is 1.82. The van der Waals surface area contributed by atoms with E-state index in [9.17, 15) is 0 Å². The Morgan fingerprint density at radius 1 is 1.10 bits per heavy atom. The van der Waals surface area contributed by atoms with Crippen molar-refractivity contribution in [2.24, 2.45) is 5.92 Å². The van der Waals surface area contributed by atoms with E-state index in [-0.39, 0.29) is 0 Å². The molecule has 0 bridgehead atoms. The van der Waals surface area contributed by atoms with Crippen LogP contribution in [0.25, 0.3) is 0 Å². The lowest BCUT2D eigenvalue weighted by atomic mass is 10.0. The van der Waals surface area contributed by atoms with E-state index in [0.717, 1.165) is 12.8 Å². The van der Waals surface area contributed by atoms with Crippen molar-refractivity contribution < 1.29 is 14.6 Å². The third kappa shape index (κ3) is 0.557. The molecule has 3 fully saturated rings. The van der Waals surface area contributed by atoms with Crippen LogP contribution in [0.4, 0.5) is 0 Å². The fraction of sp³-hybridized carbons (Fsp3) is 1.00. The molecule has 3 heteroatoms. The van der Waals surface area contributed by atoms with Gasteiger partial charge in [-0.1, -0.05) is 0 Å². The number of rotatable bonds is 0. The molecule has 3 aliphatic rings. The van der Waals surface area contributed by atoms with Crippen LogP contribution in [0.1, 0.15) is 12.8 Å². The molecule has 0 radical (unpaired) electrons. The summed E-state index contributed by atoms with van der Waals surface area (Å²) in [5.74, 6) is 0.500. The van der Waals surface area contributed by atoms with Crippen molar-refractivity contribution in [1.29, 1.82) is 0 Å². The van der Waals surface area contributed by atoms with Crippen LogP contribution in [-0.4, -0.2) is 29.7 Å². The Morgan fingerprint density at radius 2 is 2.00 bits per heavy atom. The number of hydrogen-bond acceptors (Lipinski definition) is 3. The minimum atomic E-state index is -0.514. The number of ether oxygens (including phenoxy) is 2. The Morgan fingerprint density at radius 3 is 2.80 bits per heavy atom. The van der Waals surface area contributed by atoms with Gasteiger partial charge < -0.3 is 14.6 Å². The second-order valence-electron chi connectivity index (χ2n) is 3.40. The fourth-order valence-electron chi connectivity index (χ4n) is 2.27. The highest BCUT2D eigenvalue weighted by molar-refractivity contribution is 5.05. The molecule has 0 aromatic heterocycles. The zero-order chi connectivity index (χ0) is 6.72. The fourth-order valence-corrected chi connectivity index (χ4v) is 2.27. The van der Waals surface area contributed by atoms with E-state index < -0.39 is 6.29 Å². The molecular formula is C7H10O3. The summed E-state index contributed by atoms with van der Waals surface area (Å²) >= 11 is 0. The van der Waals surface area contributed by atoms with Crippen molar-refractivity contribution in [2.45, 2.75) is 37.4 Å². The van der Waals surface area contributed by atoms with Crippen molar-refractivity contribution in [3.63, 3.8) is 0 Å². The van der Waals surface area contributed by atoms with Crippen molar-refractivity contribution in [3.05, 3.63) is 0 Å². The molecule has 1 saturated carbocycles. The lowest BCUT2D eigenvalue weighted by molar-refractivity contribution is -0.0943. The summed E-state index contributed by atoms with van der Waals surface area (Å²) in [7, 11) is 0. The SMILES string of the molecule is OC1C[C@H]2[C@H]3O[C@H]3C[C@H]2O1. The topological polar surface area (TPSA) is 42.0 Å². The van der Waals surface area contributed by atoms with Crippen LogP contribution in [0, 0.1) is 5.92 Å². The minimum absolute atomic E-state index is 0.304. The Labute approximate surface area is 58.9 Å². The highest BCUT2D eigenvalue weighted by Crippen LogP contribution is 2.49. The van der Waals surface area contributed by atoms with Gasteiger partial charge in [-0.2, -0.15) is 0 Å². The van der Waals surface area contributed by atoms with E-state index in [1.54, 1.807) is 0 Å². The Bertz CT molecular complexity index is 168. The number of aliphatic hydroxyl groups excluding tert-OH is 1. The van der Waals surface area contributed by atoms with Crippen LogP contribution in [0.2, 0.25) is 0 Å². The van der Waals surface area contributed by atoms with Gasteiger partial charge in [-0.25, -0.2) is 0 Å². The maximum absolute atomic E-state index is 9.09. The normalized spacial score (nSPS) is 63.9. The molecule has 0 aromatic rings. The van der Waals surface area contributed by atoms with Gasteiger partial charge in [-0.05, 0) is 0 Å². The molecule has 2 aliphatic heterocycles. The predicted octanol–water partition coefficient (Wildman–Crippen LogP) is -0.119. The van der Waals surface area contributed by atoms with Gasteiger partial charge in [0.05, 0.1) is 18.3 Å². The van der Waals surface area contributed by atoms with Crippen molar-refractivity contribution in [3.8, 4) is 0 Å². The lowest BCUT2D eigenvalue weighted by Crippen LogP contribution is -2.14. The summed E-state index contributed by atoms with van der Waals surface area (Å²) in [6.45, 7) is 0. The smallest absolute Gasteiger partial charge is 0.155 e. The third-order valence-electron chi connectivity index (χ3n) is 2.79. The lowest BCUT2D eigenvalue weighted by Gasteiger charge is -2.08. The molecule has 1 N–H and O–H groups in total. The first-order valence-corrected chi connectivity index (χ1v) is 3.83. The van der Waals surface area contributed by atoms with Gasteiger partial charge in [0.15, 0.2) is 6.29 Å². The minimum Gasteiger partial charge on any atom is -0.369 e. The van der Waals surface area contributed by atoms with Crippen LogP contribution < -0.4 is 0 Å². The van der Waals surface area contributed by atoms with Crippen molar-refractivity contribution in [2.75, 3.05) is 0 Å². The molecule has 2 heterocycles. The van der Waals surface area contributed by atoms with Crippen LogP contribution >= 0.6 is 0 Å². The summed E-state index contributed by atoms with van der Waals surface area (Å²) in [6.07, 6.45) is 2.49. The standard InChI is InChI=1S/C7H10O3/c8-6-1-3-4(9-6)2-5-7(3)10-5/h3-8H,1-2H2/t3-,4-,5+,6?,7-/m1/s1. The number of epoxide rings is 1. The molecule has 56 valence electrons. The average molecular weight is 142 g/mol. The summed E-state index contributed by atoms with van der Waals surface area (Å²) < 4.78 is 10.6. The first-order chi connectivity index (χ1) is 4.84. The molecule has 0 aromatic carbocycles. The molecule has 1 aliphatic carbocycles. The second-order valence-corrected chi connectivity index (χ2v) is 3.40. The first-order valence-electron chi connectivity index (χ1n) is 3.83. The van der Waals surface area contributed by atoms with Crippen LogP contribution in [0.15, 0.2) is 0 Å². The monoisotopic (exact) mass is 142 g/mol. The van der Waals surface area contributed by atoms with Crippen LogP contribution in [-0.2, 0) is 9.47 Å². The quantitative estimate of drug-likeness (QED) is 0.479. The van der Waals surface area contributed by atoms with E-state index in [4.69, 9.17) is 14.6 Å². The summed E-state index contributed by atoms with van der Waals surface area (Å²) in [5.41, 5.74) is 0. The molecule has 3 nitrogen and oxygen atoms in total. The molecule has 0 amide bonds. The average Bonchev–Trinajstić information content (AvgIpc) is 2.40. The van der Waals surface area contributed by atoms with Gasteiger partial charge in [0.25, 0.3) is 0 Å². The molecule has 10 heavy (non-hydrogen) atoms. The largest absolute Gasteiger partial charge is 0.369 e. The number of fused-ring (bicyclic) bond motifs is 3. The third-order valence-corrected chi connectivity index (χ3v) is 2.79. The van der Waals surface area contributed by atoms with E-state index in [1.165, 1.54) is 0 Å². The molecule has 3 rings (SSSR count). The van der Waals surface area contributed by atoms with Crippen LogP contribution in [0.5, 0.6) is 0 Å². The van der Waals surface area contributed by atoms with Crippen molar-refractivity contribution in [1.82, 2.24) is 0 Å². The maximum atomic E-state index is 9.09. The molecule has 2 saturated heterocycles. The highest BCUT2D eigenvalue weighted by atomic mass is 16.6. The maximum Gasteiger partial charge on any atom is 0.155 e. The van der Waals surface area contributed by atoms with Gasteiger partial charge >= 0.3 is 0 Å². The summed E-state index contributed by atoms with van der Waals surface area (Å²) in [6, 6.07) is 0. The zero-order valence-corrected chi connectivity index (χ0v) is 5.56. The van der Waals surface area contributed by atoms with E-state index >= 15 is 0 Å². The first kappa shape index (κ1) is 5.52. The van der Waals surface area contributed by atoms with E-state index in [1.807, 2.05) is 0 Å². The Kier molecular flexibility index (Phi) is 0.854. The van der Waals surface area contributed by atoms with E-state index in [0.29, 0.717) is 24.2 Å². The Hall–Kier alpha value is -0.120. The van der Waals surface area contributed by atoms with Gasteiger partial charge in [-0.3, -0.25) is 0 Å². The van der Waals surface area contributed by atoms with Gasteiger partial charge in [0.2, 0.25) is 0 Å². The van der Waals surface area contributed by atoms with Crippen LogP contribution in [0.3, 0.4) is 0 Å². The second kappa shape index (κ2) is 1.55. The summed E-state index contributed by atoms with van der Waals surface area (Å²) in [5, 5.41) is 9.09. The van der Waals surface area contributed by atoms with Gasteiger partial charge in [0, 0.05) is 18.8 Å². The molecule has 0 spiro atoms. The molecule has 5 atom stereocenters. The number of hydrogen-bond donors (Lipinski definition) is 1. The molecular weight excluding hydrogens is 132 g/mol. The molecule has 1 unspecified atom stereocenters. The summed E-state index contributed by atoms with van der Waals surface area (Å²) in [4.78, 5) is 0. The number of aliphatic hydroxyl groups is 1. The van der Waals surface area contributed by atoms with E-state index in [2.05, 4.69) is 0 Å². The zero-order valence-electron chi connectivity index (χ0n) is 5.56. The van der Waals surface area contributed by atoms with Crippen molar-refractivity contribution >= 4 is 0 Å². The highest BCUT2D eigenvalue weighted by Gasteiger charge is 2.59. The predicted molar refractivity (Wildman–Crippen MR) is 32.3 cm³/mol.